The SMILES string of the molecule is CCOC(=O)COC1(c2cccc(Br)c2)CCNC2(CCC2)C1. The lowest BCUT2D eigenvalue weighted by Gasteiger charge is -2.53. The Balaban J connectivity index is 1.84. The minimum absolute atomic E-state index is 0.0104. The Morgan fingerprint density at radius 2 is 2.17 bits per heavy atom. The molecule has 0 aromatic heterocycles. The van der Waals surface area contributed by atoms with Crippen molar-refractivity contribution in [2.75, 3.05) is 19.8 Å². The summed E-state index contributed by atoms with van der Waals surface area (Å²) in [6.45, 7) is 3.12. The molecule has 1 aliphatic heterocycles. The average molecular weight is 382 g/mol. The number of benzene rings is 1. The Morgan fingerprint density at radius 3 is 2.83 bits per heavy atom. The molecule has 1 unspecified atom stereocenters. The van der Waals surface area contributed by atoms with Crippen molar-refractivity contribution in [2.24, 2.45) is 0 Å². The van der Waals surface area contributed by atoms with Crippen LogP contribution < -0.4 is 5.32 Å². The summed E-state index contributed by atoms with van der Waals surface area (Å²) in [4.78, 5) is 11.8. The Bertz CT molecular complexity index is 573. The third kappa shape index (κ3) is 3.62. The molecular weight excluding hydrogens is 358 g/mol. The van der Waals surface area contributed by atoms with Crippen molar-refractivity contribution in [3.8, 4) is 0 Å². The molecule has 0 amide bonds. The summed E-state index contributed by atoms with van der Waals surface area (Å²) in [6, 6.07) is 8.27. The first-order valence-electron chi connectivity index (χ1n) is 8.38. The molecule has 1 saturated carbocycles. The summed E-state index contributed by atoms with van der Waals surface area (Å²) in [6.07, 6.45) is 5.41. The van der Waals surface area contributed by atoms with Crippen LogP contribution in [-0.2, 0) is 19.9 Å². The Hall–Kier alpha value is -0.910. The molecule has 2 fully saturated rings. The van der Waals surface area contributed by atoms with Crippen LogP contribution in [0.2, 0.25) is 0 Å². The van der Waals surface area contributed by atoms with Crippen LogP contribution in [-0.4, -0.2) is 31.3 Å². The minimum atomic E-state index is -0.414. The van der Waals surface area contributed by atoms with Crippen molar-refractivity contribution >= 4 is 21.9 Å². The van der Waals surface area contributed by atoms with Crippen molar-refractivity contribution < 1.29 is 14.3 Å². The van der Waals surface area contributed by atoms with Crippen LogP contribution in [0.25, 0.3) is 0 Å². The second-order valence-electron chi connectivity index (χ2n) is 6.59. The van der Waals surface area contributed by atoms with Gasteiger partial charge < -0.3 is 14.8 Å². The van der Waals surface area contributed by atoms with Gasteiger partial charge in [-0.3, -0.25) is 0 Å². The molecule has 126 valence electrons. The summed E-state index contributed by atoms with van der Waals surface area (Å²) in [5.41, 5.74) is 0.904. The number of ether oxygens (including phenoxy) is 2. The van der Waals surface area contributed by atoms with E-state index >= 15 is 0 Å². The third-order valence-electron chi connectivity index (χ3n) is 5.09. The predicted molar refractivity (Wildman–Crippen MR) is 92.2 cm³/mol. The number of hydrogen-bond acceptors (Lipinski definition) is 4. The van der Waals surface area contributed by atoms with Gasteiger partial charge in [0.1, 0.15) is 6.61 Å². The van der Waals surface area contributed by atoms with Gasteiger partial charge in [-0.05, 0) is 63.3 Å². The van der Waals surface area contributed by atoms with E-state index in [1.54, 1.807) is 0 Å². The quantitative estimate of drug-likeness (QED) is 0.792. The van der Waals surface area contributed by atoms with E-state index in [0.717, 1.165) is 29.4 Å². The average Bonchev–Trinajstić information content (AvgIpc) is 2.52. The van der Waals surface area contributed by atoms with Crippen LogP contribution in [0.3, 0.4) is 0 Å². The van der Waals surface area contributed by atoms with E-state index < -0.39 is 5.60 Å². The zero-order valence-electron chi connectivity index (χ0n) is 13.6. The second kappa shape index (κ2) is 6.91. The maximum atomic E-state index is 11.8. The van der Waals surface area contributed by atoms with Crippen LogP contribution in [0.15, 0.2) is 28.7 Å². The van der Waals surface area contributed by atoms with Gasteiger partial charge >= 0.3 is 5.97 Å². The Morgan fingerprint density at radius 1 is 1.35 bits per heavy atom. The lowest BCUT2D eigenvalue weighted by atomic mass is 9.65. The first kappa shape index (κ1) is 16.9. The Kier molecular flexibility index (Phi) is 5.09. The summed E-state index contributed by atoms with van der Waals surface area (Å²) >= 11 is 3.55. The predicted octanol–water partition coefficient (Wildman–Crippen LogP) is 3.53. The maximum absolute atomic E-state index is 11.8. The number of halogens is 1. The molecule has 1 atom stereocenters. The fourth-order valence-electron chi connectivity index (χ4n) is 3.81. The van der Waals surface area contributed by atoms with Gasteiger partial charge in [0.25, 0.3) is 0 Å². The van der Waals surface area contributed by atoms with E-state index in [1.165, 1.54) is 19.3 Å². The molecule has 1 aromatic carbocycles. The van der Waals surface area contributed by atoms with Crippen molar-refractivity contribution in [1.82, 2.24) is 5.32 Å². The summed E-state index contributed by atoms with van der Waals surface area (Å²) in [7, 11) is 0. The van der Waals surface area contributed by atoms with E-state index in [0.29, 0.717) is 6.61 Å². The number of hydrogen-bond donors (Lipinski definition) is 1. The number of carbonyl (C=O) groups is 1. The van der Waals surface area contributed by atoms with Crippen LogP contribution >= 0.6 is 15.9 Å². The minimum Gasteiger partial charge on any atom is -0.464 e. The van der Waals surface area contributed by atoms with Crippen LogP contribution in [0.4, 0.5) is 0 Å². The molecule has 1 heterocycles. The Labute approximate surface area is 146 Å². The van der Waals surface area contributed by atoms with Crippen LogP contribution in [0, 0.1) is 0 Å². The van der Waals surface area contributed by atoms with Crippen molar-refractivity contribution in [2.45, 2.75) is 50.2 Å². The topological polar surface area (TPSA) is 47.6 Å². The molecule has 1 spiro atoms. The molecule has 0 radical (unpaired) electrons. The van der Waals surface area contributed by atoms with Crippen LogP contribution in [0.5, 0.6) is 0 Å². The number of esters is 1. The van der Waals surface area contributed by atoms with Gasteiger partial charge in [-0.1, -0.05) is 28.1 Å². The van der Waals surface area contributed by atoms with Crippen molar-refractivity contribution in [3.63, 3.8) is 0 Å². The molecule has 3 rings (SSSR count). The molecule has 2 aliphatic rings. The van der Waals surface area contributed by atoms with Crippen LogP contribution in [0.1, 0.15) is 44.6 Å². The molecule has 1 saturated heterocycles. The summed E-state index contributed by atoms with van der Waals surface area (Å²) < 4.78 is 12.3. The smallest absolute Gasteiger partial charge is 0.332 e. The fourth-order valence-corrected chi connectivity index (χ4v) is 4.21. The number of rotatable bonds is 5. The van der Waals surface area contributed by atoms with Gasteiger partial charge in [0, 0.05) is 10.0 Å². The number of piperidine rings is 1. The zero-order chi connectivity index (χ0) is 16.3. The van der Waals surface area contributed by atoms with E-state index in [9.17, 15) is 4.79 Å². The molecular formula is C18H24BrNO3. The molecule has 23 heavy (non-hydrogen) atoms. The highest BCUT2D eigenvalue weighted by atomic mass is 79.9. The van der Waals surface area contributed by atoms with Gasteiger partial charge in [0.15, 0.2) is 0 Å². The normalized spacial score (nSPS) is 25.8. The number of nitrogens with one attached hydrogen (secondary N) is 1. The standard InChI is InChI=1S/C18H24BrNO3/c1-2-22-16(21)12-23-18(14-5-3-6-15(19)11-14)9-10-20-17(13-18)7-4-8-17/h3,5-6,11,20H,2,4,7-10,12-13H2,1H3. The monoisotopic (exact) mass is 381 g/mol. The van der Waals surface area contributed by atoms with Gasteiger partial charge in [-0.25, -0.2) is 4.79 Å². The summed E-state index contributed by atoms with van der Waals surface area (Å²) in [5.74, 6) is -0.289. The highest BCUT2D eigenvalue weighted by Gasteiger charge is 2.49. The first-order chi connectivity index (χ1) is 11.1. The van der Waals surface area contributed by atoms with E-state index in [-0.39, 0.29) is 18.1 Å². The third-order valence-corrected chi connectivity index (χ3v) is 5.58. The van der Waals surface area contributed by atoms with E-state index in [1.807, 2.05) is 19.1 Å². The molecule has 5 heteroatoms. The molecule has 1 aliphatic carbocycles. The number of carbonyl (C=O) groups excluding carboxylic acids is 1. The van der Waals surface area contributed by atoms with Gasteiger partial charge in [0.05, 0.1) is 12.2 Å². The maximum Gasteiger partial charge on any atom is 0.332 e. The van der Waals surface area contributed by atoms with Gasteiger partial charge in [-0.2, -0.15) is 0 Å². The van der Waals surface area contributed by atoms with E-state index in [4.69, 9.17) is 9.47 Å². The molecule has 1 aromatic rings. The largest absolute Gasteiger partial charge is 0.464 e. The fraction of sp³-hybridized carbons (Fsp3) is 0.611. The molecule has 0 bridgehead atoms. The second-order valence-corrected chi connectivity index (χ2v) is 7.50. The van der Waals surface area contributed by atoms with Gasteiger partial charge in [0.2, 0.25) is 0 Å². The summed E-state index contributed by atoms with van der Waals surface area (Å²) in [5, 5.41) is 3.68. The lowest BCUT2D eigenvalue weighted by molar-refractivity contribution is -0.163. The van der Waals surface area contributed by atoms with Crippen molar-refractivity contribution in [1.29, 1.82) is 0 Å². The van der Waals surface area contributed by atoms with Gasteiger partial charge in [-0.15, -0.1) is 0 Å². The molecule has 4 nitrogen and oxygen atoms in total. The first-order valence-corrected chi connectivity index (χ1v) is 9.18. The zero-order valence-corrected chi connectivity index (χ0v) is 15.2. The van der Waals surface area contributed by atoms with E-state index in [2.05, 4.69) is 33.4 Å². The highest BCUT2D eigenvalue weighted by molar-refractivity contribution is 9.10. The highest BCUT2D eigenvalue weighted by Crippen LogP contribution is 2.48. The lowest BCUT2D eigenvalue weighted by Crippen LogP contribution is -2.60. The van der Waals surface area contributed by atoms with Crippen molar-refractivity contribution in [3.05, 3.63) is 34.3 Å². The molecule has 1 N–H and O–H groups in total.